The number of anilines is 3. The Morgan fingerprint density at radius 1 is 1.04 bits per heavy atom. The van der Waals surface area contributed by atoms with Crippen LogP contribution in [0.2, 0.25) is 5.02 Å². The average Bonchev–Trinajstić information content (AvgIpc) is 2.69. The minimum absolute atomic E-state index is 0.398. The van der Waals surface area contributed by atoms with Crippen LogP contribution in [0.25, 0.3) is 0 Å². The Bertz CT molecular complexity index is 852. The summed E-state index contributed by atoms with van der Waals surface area (Å²) in [6.45, 7) is 2.21. The van der Waals surface area contributed by atoms with Gasteiger partial charge in [-0.15, -0.1) is 0 Å². The molecule has 1 aliphatic rings. The molecule has 0 radical (unpaired) electrons. The molecule has 148 valence electrons. The highest BCUT2D eigenvalue weighted by atomic mass is 35.5. The standard InChI is InChI=1S/C19H21ClN4O4/c1-28-17-15(20)3-2-4-16(17)22-18(25)21-13-5-7-14(8-6-13)23-9-11-24(12-10-23)19(26)27/h2-8H,9-12H2,1H3,(H,26,27)(H2,21,22,25). The third kappa shape index (κ3) is 4.58. The highest BCUT2D eigenvalue weighted by Gasteiger charge is 2.20. The van der Waals surface area contributed by atoms with Gasteiger partial charge in [0.1, 0.15) is 0 Å². The van der Waals surface area contributed by atoms with Crippen molar-refractivity contribution < 1.29 is 19.4 Å². The molecule has 0 atom stereocenters. The first kappa shape index (κ1) is 19.6. The molecule has 3 rings (SSSR count). The van der Waals surface area contributed by atoms with E-state index in [0.717, 1.165) is 5.69 Å². The molecule has 2 aromatic carbocycles. The lowest BCUT2D eigenvalue weighted by Crippen LogP contribution is -2.48. The van der Waals surface area contributed by atoms with E-state index in [0.29, 0.717) is 48.3 Å². The lowest BCUT2D eigenvalue weighted by Gasteiger charge is -2.34. The fourth-order valence-corrected chi connectivity index (χ4v) is 3.26. The zero-order chi connectivity index (χ0) is 20.1. The first-order valence-corrected chi connectivity index (χ1v) is 9.09. The summed E-state index contributed by atoms with van der Waals surface area (Å²) in [5.74, 6) is 0.398. The Hall–Kier alpha value is -3.13. The van der Waals surface area contributed by atoms with Gasteiger partial charge in [-0.25, -0.2) is 9.59 Å². The number of ether oxygens (including phenoxy) is 1. The SMILES string of the molecule is COc1c(Cl)cccc1NC(=O)Nc1ccc(N2CCN(C(=O)O)CC2)cc1. The Balaban J connectivity index is 1.58. The quantitative estimate of drug-likeness (QED) is 0.720. The van der Waals surface area contributed by atoms with E-state index in [1.54, 1.807) is 30.3 Å². The highest BCUT2D eigenvalue weighted by Crippen LogP contribution is 2.32. The minimum Gasteiger partial charge on any atom is -0.493 e. The number of carbonyl (C=O) groups excluding carboxylic acids is 1. The number of hydrogen-bond donors (Lipinski definition) is 3. The Kier molecular flexibility index (Phi) is 6.10. The predicted octanol–water partition coefficient (Wildman–Crippen LogP) is 3.79. The third-order valence-corrected chi connectivity index (χ3v) is 4.76. The number of benzene rings is 2. The van der Waals surface area contributed by atoms with E-state index in [9.17, 15) is 9.59 Å². The average molecular weight is 405 g/mol. The predicted molar refractivity (Wildman–Crippen MR) is 109 cm³/mol. The topological polar surface area (TPSA) is 94.1 Å². The normalized spacial score (nSPS) is 13.8. The van der Waals surface area contributed by atoms with Crippen molar-refractivity contribution in [3.63, 3.8) is 0 Å². The summed E-state index contributed by atoms with van der Waals surface area (Å²) in [6, 6.07) is 12.1. The van der Waals surface area contributed by atoms with Crippen molar-refractivity contribution in [2.24, 2.45) is 0 Å². The van der Waals surface area contributed by atoms with E-state index in [-0.39, 0.29) is 0 Å². The second kappa shape index (κ2) is 8.71. The molecule has 28 heavy (non-hydrogen) atoms. The van der Waals surface area contributed by atoms with Gasteiger partial charge in [-0.05, 0) is 36.4 Å². The minimum atomic E-state index is -0.887. The Morgan fingerprint density at radius 2 is 1.71 bits per heavy atom. The maximum Gasteiger partial charge on any atom is 0.407 e. The van der Waals surface area contributed by atoms with Gasteiger partial charge >= 0.3 is 12.1 Å². The zero-order valence-corrected chi connectivity index (χ0v) is 16.1. The van der Waals surface area contributed by atoms with Gasteiger partial charge in [0.05, 0.1) is 17.8 Å². The molecule has 3 amide bonds. The lowest BCUT2D eigenvalue weighted by atomic mass is 10.2. The summed E-state index contributed by atoms with van der Waals surface area (Å²) < 4.78 is 5.21. The van der Waals surface area contributed by atoms with Crippen molar-refractivity contribution in [3.8, 4) is 5.75 Å². The molecule has 0 saturated carbocycles. The molecule has 9 heteroatoms. The van der Waals surface area contributed by atoms with Crippen LogP contribution in [0, 0.1) is 0 Å². The van der Waals surface area contributed by atoms with Crippen LogP contribution in [0.1, 0.15) is 0 Å². The van der Waals surface area contributed by atoms with Gasteiger partial charge in [0.25, 0.3) is 0 Å². The molecule has 0 bridgehead atoms. The monoisotopic (exact) mass is 404 g/mol. The highest BCUT2D eigenvalue weighted by molar-refractivity contribution is 6.32. The summed E-state index contributed by atoms with van der Waals surface area (Å²) in [5.41, 5.74) is 2.08. The molecule has 0 aromatic heterocycles. The van der Waals surface area contributed by atoms with E-state index < -0.39 is 12.1 Å². The molecule has 2 aromatic rings. The first-order valence-electron chi connectivity index (χ1n) is 8.71. The largest absolute Gasteiger partial charge is 0.493 e. The lowest BCUT2D eigenvalue weighted by molar-refractivity contribution is 0.142. The van der Waals surface area contributed by atoms with Crippen LogP contribution in [0.4, 0.5) is 26.7 Å². The number of hydrogen-bond acceptors (Lipinski definition) is 4. The fourth-order valence-electron chi connectivity index (χ4n) is 3.01. The van der Waals surface area contributed by atoms with E-state index in [1.807, 2.05) is 12.1 Å². The number of urea groups is 1. The number of methoxy groups -OCH3 is 1. The molecule has 8 nitrogen and oxygen atoms in total. The van der Waals surface area contributed by atoms with Crippen molar-refractivity contribution in [1.82, 2.24) is 4.90 Å². The second-order valence-corrected chi connectivity index (χ2v) is 6.61. The van der Waals surface area contributed by atoms with Gasteiger partial charge in [0.2, 0.25) is 0 Å². The van der Waals surface area contributed by atoms with Crippen LogP contribution < -0.4 is 20.3 Å². The summed E-state index contributed by atoms with van der Waals surface area (Å²) in [7, 11) is 1.49. The number of para-hydroxylation sites is 1. The molecule has 1 aliphatic heterocycles. The molecule has 1 saturated heterocycles. The fraction of sp³-hybridized carbons (Fsp3) is 0.263. The number of halogens is 1. The number of nitrogens with zero attached hydrogens (tertiary/aromatic N) is 2. The number of nitrogens with one attached hydrogen (secondary N) is 2. The van der Waals surface area contributed by atoms with Crippen molar-refractivity contribution >= 4 is 40.8 Å². The van der Waals surface area contributed by atoms with Crippen LogP contribution in [0.3, 0.4) is 0 Å². The van der Waals surface area contributed by atoms with Gasteiger partial charge in [0, 0.05) is 37.6 Å². The van der Waals surface area contributed by atoms with Crippen LogP contribution in [-0.2, 0) is 0 Å². The maximum atomic E-state index is 12.3. The van der Waals surface area contributed by atoms with Crippen LogP contribution in [0.15, 0.2) is 42.5 Å². The van der Waals surface area contributed by atoms with Crippen molar-refractivity contribution in [2.75, 3.05) is 48.8 Å². The van der Waals surface area contributed by atoms with E-state index in [4.69, 9.17) is 21.4 Å². The second-order valence-electron chi connectivity index (χ2n) is 6.20. The molecule has 3 N–H and O–H groups in total. The van der Waals surface area contributed by atoms with Crippen LogP contribution >= 0.6 is 11.6 Å². The smallest absolute Gasteiger partial charge is 0.407 e. The number of rotatable bonds is 4. The molecular formula is C19H21ClN4O4. The summed E-state index contributed by atoms with van der Waals surface area (Å²) in [6.07, 6.45) is -0.887. The molecule has 0 unspecified atom stereocenters. The molecule has 0 spiro atoms. The summed E-state index contributed by atoms with van der Waals surface area (Å²) >= 11 is 6.05. The molecule has 1 fully saturated rings. The van der Waals surface area contributed by atoms with Gasteiger partial charge in [-0.3, -0.25) is 0 Å². The third-order valence-electron chi connectivity index (χ3n) is 4.46. The van der Waals surface area contributed by atoms with E-state index >= 15 is 0 Å². The first-order chi connectivity index (χ1) is 13.5. The van der Waals surface area contributed by atoms with Crippen molar-refractivity contribution in [1.29, 1.82) is 0 Å². The Morgan fingerprint density at radius 3 is 2.32 bits per heavy atom. The number of carbonyl (C=O) groups is 2. The van der Waals surface area contributed by atoms with E-state index in [1.165, 1.54) is 12.0 Å². The van der Waals surface area contributed by atoms with Gasteiger partial charge in [0.15, 0.2) is 5.75 Å². The number of carboxylic acid groups (broad SMARTS) is 1. The molecular weight excluding hydrogens is 384 g/mol. The summed E-state index contributed by atoms with van der Waals surface area (Å²) in [4.78, 5) is 26.8. The van der Waals surface area contributed by atoms with Gasteiger partial charge in [-0.1, -0.05) is 17.7 Å². The Labute approximate surface area is 167 Å². The molecule has 0 aliphatic carbocycles. The van der Waals surface area contributed by atoms with Crippen LogP contribution in [0.5, 0.6) is 5.75 Å². The van der Waals surface area contributed by atoms with Crippen LogP contribution in [-0.4, -0.2) is 55.4 Å². The van der Waals surface area contributed by atoms with E-state index in [2.05, 4.69) is 15.5 Å². The van der Waals surface area contributed by atoms with Gasteiger partial charge < -0.3 is 30.3 Å². The maximum absolute atomic E-state index is 12.3. The number of piperazine rings is 1. The molecule has 1 heterocycles. The van der Waals surface area contributed by atoms with Crippen molar-refractivity contribution in [3.05, 3.63) is 47.5 Å². The van der Waals surface area contributed by atoms with Gasteiger partial charge in [-0.2, -0.15) is 0 Å². The zero-order valence-electron chi connectivity index (χ0n) is 15.3. The summed E-state index contributed by atoms with van der Waals surface area (Å²) in [5, 5.41) is 14.9. The number of amides is 3. The van der Waals surface area contributed by atoms with Crippen molar-refractivity contribution in [2.45, 2.75) is 0 Å².